The Kier molecular flexibility index (Phi) is 22.1. The third-order valence-electron chi connectivity index (χ3n) is 13.3. The van der Waals surface area contributed by atoms with E-state index in [4.69, 9.17) is 14.2 Å². The first kappa shape index (κ1) is 51.7. The lowest BCUT2D eigenvalue weighted by molar-refractivity contribution is -0.143. The topological polar surface area (TPSA) is 135 Å². The summed E-state index contributed by atoms with van der Waals surface area (Å²) in [6, 6.07) is 18.6. The van der Waals surface area contributed by atoms with Crippen LogP contribution in [0.25, 0.3) is 0 Å². The van der Waals surface area contributed by atoms with Gasteiger partial charge in [-0.25, -0.2) is 0 Å². The van der Waals surface area contributed by atoms with E-state index in [2.05, 4.69) is 48.9 Å². The first-order valence-corrected chi connectivity index (χ1v) is 22.9. The number of benzene rings is 2. The van der Waals surface area contributed by atoms with Gasteiger partial charge in [-0.1, -0.05) is 129 Å². The highest BCUT2D eigenvalue weighted by molar-refractivity contribution is 5.92. The molecule has 1 heterocycles. The Morgan fingerprint density at radius 1 is 0.787 bits per heavy atom. The normalized spacial score (nSPS) is 19.3. The van der Waals surface area contributed by atoms with Crippen LogP contribution >= 0.6 is 0 Å². The zero-order valence-electron chi connectivity index (χ0n) is 39.4. The molecule has 0 spiro atoms. The van der Waals surface area contributed by atoms with Gasteiger partial charge in [-0.05, 0) is 67.5 Å². The summed E-state index contributed by atoms with van der Waals surface area (Å²) in [6.45, 7) is 19.5. The van der Waals surface area contributed by atoms with Gasteiger partial charge in [0.25, 0.3) is 0 Å². The fraction of sp³-hybridized carbons (Fsp3) is 0.680. The van der Waals surface area contributed by atoms with E-state index < -0.39 is 18.1 Å². The standard InChI is InChI=1S/C50H80N4O7/c1-13-34(6)40(27-26-35(7)47(56)45(32(2)3)53-50(58)46(51-10)33(4)5)43(59-11)29-44(55)54-28-20-25-42(54)48(60-12)37(9)49(57)52-41(36(8)39-23-18-15-19-24-39)31-61-30-38-21-16-14-17-22-38/h14-19,21-24,32-37,40-43,45-46,48,51H,13,20,25-31H2,1-12H3,(H,52,57)(H,53,58). The number of carbonyl (C=O) groups excluding carboxylic acids is 4. The van der Waals surface area contributed by atoms with Crippen LogP contribution in [0.2, 0.25) is 0 Å². The molecule has 342 valence electrons. The molecule has 11 unspecified atom stereocenters. The molecule has 0 radical (unpaired) electrons. The van der Waals surface area contributed by atoms with Crippen molar-refractivity contribution >= 4 is 23.5 Å². The Morgan fingerprint density at radius 3 is 1.97 bits per heavy atom. The molecule has 0 aliphatic carbocycles. The fourth-order valence-electron chi connectivity index (χ4n) is 9.09. The minimum absolute atomic E-state index is 0.0115. The number of amides is 3. The highest BCUT2D eigenvalue weighted by atomic mass is 16.5. The average Bonchev–Trinajstić information content (AvgIpc) is 3.74. The van der Waals surface area contributed by atoms with E-state index in [1.54, 1.807) is 21.3 Å². The maximum atomic E-state index is 14.3. The number of nitrogens with one attached hydrogen (secondary N) is 3. The molecular formula is C50H80N4O7. The maximum absolute atomic E-state index is 14.3. The fourth-order valence-corrected chi connectivity index (χ4v) is 9.09. The van der Waals surface area contributed by atoms with Crippen molar-refractivity contribution in [3.8, 4) is 0 Å². The van der Waals surface area contributed by atoms with E-state index in [1.165, 1.54) is 0 Å². The number of rotatable bonds is 27. The lowest BCUT2D eigenvalue weighted by Gasteiger charge is -2.37. The van der Waals surface area contributed by atoms with Crippen molar-refractivity contribution in [1.82, 2.24) is 20.9 Å². The number of ether oxygens (including phenoxy) is 3. The van der Waals surface area contributed by atoms with Gasteiger partial charge in [0.05, 0.1) is 61.9 Å². The molecule has 2 aromatic carbocycles. The van der Waals surface area contributed by atoms with Crippen molar-refractivity contribution in [3.63, 3.8) is 0 Å². The molecule has 11 heteroatoms. The number of hydrogen-bond donors (Lipinski definition) is 3. The molecule has 1 fully saturated rings. The molecule has 2 aromatic rings. The highest BCUT2D eigenvalue weighted by Gasteiger charge is 2.42. The summed E-state index contributed by atoms with van der Waals surface area (Å²) in [4.78, 5) is 57.4. The molecule has 3 amide bonds. The Hall–Kier alpha value is -3.64. The Labute approximate surface area is 368 Å². The third-order valence-corrected chi connectivity index (χ3v) is 13.3. The molecule has 61 heavy (non-hydrogen) atoms. The van der Waals surface area contributed by atoms with Gasteiger partial charge in [-0.3, -0.25) is 19.2 Å². The van der Waals surface area contributed by atoms with Gasteiger partial charge in [0, 0.05) is 32.6 Å². The summed E-state index contributed by atoms with van der Waals surface area (Å²) in [5.74, 6) is -0.830. The second-order valence-corrected chi connectivity index (χ2v) is 18.2. The summed E-state index contributed by atoms with van der Waals surface area (Å²) in [5.41, 5.74) is 2.18. The van der Waals surface area contributed by atoms with Crippen molar-refractivity contribution in [2.45, 2.75) is 150 Å². The van der Waals surface area contributed by atoms with Crippen LogP contribution in [-0.4, -0.2) is 99.2 Å². The smallest absolute Gasteiger partial charge is 0.237 e. The molecule has 1 aliphatic rings. The van der Waals surface area contributed by atoms with E-state index >= 15 is 0 Å². The van der Waals surface area contributed by atoms with E-state index in [-0.39, 0.29) is 89.7 Å². The summed E-state index contributed by atoms with van der Waals surface area (Å²) >= 11 is 0. The second-order valence-electron chi connectivity index (χ2n) is 18.2. The molecule has 1 saturated heterocycles. The van der Waals surface area contributed by atoms with Crippen LogP contribution in [-0.2, 0) is 40.0 Å². The number of methoxy groups -OCH3 is 2. The monoisotopic (exact) mass is 849 g/mol. The summed E-state index contributed by atoms with van der Waals surface area (Å²) in [5, 5.41) is 9.43. The third kappa shape index (κ3) is 15.0. The van der Waals surface area contributed by atoms with Crippen LogP contribution in [0.3, 0.4) is 0 Å². The largest absolute Gasteiger partial charge is 0.381 e. The van der Waals surface area contributed by atoms with Crippen LogP contribution in [0.5, 0.6) is 0 Å². The van der Waals surface area contributed by atoms with Gasteiger partial charge in [0.1, 0.15) is 0 Å². The maximum Gasteiger partial charge on any atom is 0.237 e. The molecule has 11 atom stereocenters. The summed E-state index contributed by atoms with van der Waals surface area (Å²) < 4.78 is 18.4. The number of likely N-dealkylation sites (tertiary alicyclic amines) is 1. The van der Waals surface area contributed by atoms with Gasteiger partial charge in [-0.2, -0.15) is 0 Å². The van der Waals surface area contributed by atoms with Crippen molar-refractivity contribution in [2.24, 2.45) is 35.5 Å². The van der Waals surface area contributed by atoms with Gasteiger partial charge in [0.2, 0.25) is 17.7 Å². The molecule has 1 aliphatic heterocycles. The SMILES string of the molecule is CCC(C)C(CCC(C)C(=O)C(NC(=O)C(NC)C(C)C)C(C)C)C(CC(=O)N1CCCC1C(OC)C(C)C(=O)NC(COCc1ccccc1)C(C)c1ccccc1)OC. The Balaban J connectivity index is 1.71. The number of nitrogens with zero attached hydrogens (tertiary/aromatic N) is 1. The summed E-state index contributed by atoms with van der Waals surface area (Å²) in [7, 11) is 5.06. The first-order valence-electron chi connectivity index (χ1n) is 22.9. The van der Waals surface area contributed by atoms with Crippen LogP contribution in [0.1, 0.15) is 118 Å². The quantitative estimate of drug-likeness (QED) is 0.0839. The molecule has 11 nitrogen and oxygen atoms in total. The number of carbonyl (C=O) groups is 4. The van der Waals surface area contributed by atoms with Crippen molar-refractivity contribution in [2.75, 3.05) is 34.4 Å². The molecular weight excluding hydrogens is 769 g/mol. The van der Waals surface area contributed by atoms with Crippen LogP contribution in [0, 0.1) is 35.5 Å². The predicted octanol–water partition coefficient (Wildman–Crippen LogP) is 7.57. The number of likely N-dealkylation sites (N-methyl/N-ethyl adjacent to an activating group) is 1. The molecule has 0 bridgehead atoms. The molecule has 3 rings (SSSR count). The Bertz CT molecular complexity index is 1610. The minimum atomic E-state index is -0.588. The van der Waals surface area contributed by atoms with Gasteiger partial charge < -0.3 is 35.1 Å². The minimum Gasteiger partial charge on any atom is -0.381 e. The zero-order valence-corrected chi connectivity index (χ0v) is 39.4. The van der Waals surface area contributed by atoms with E-state index in [9.17, 15) is 19.2 Å². The van der Waals surface area contributed by atoms with Gasteiger partial charge in [0.15, 0.2) is 5.78 Å². The first-order chi connectivity index (χ1) is 29.1. The van der Waals surface area contributed by atoms with Crippen molar-refractivity contribution in [3.05, 3.63) is 71.8 Å². The molecule has 0 aromatic heterocycles. The zero-order chi connectivity index (χ0) is 45.2. The average molecular weight is 849 g/mol. The lowest BCUT2D eigenvalue weighted by atomic mass is 9.79. The molecule has 3 N–H and O–H groups in total. The second kappa shape index (κ2) is 26.1. The van der Waals surface area contributed by atoms with Crippen LogP contribution in [0.15, 0.2) is 60.7 Å². The summed E-state index contributed by atoms with van der Waals surface area (Å²) in [6.07, 6.45) is 3.10. The van der Waals surface area contributed by atoms with E-state index in [1.807, 2.05) is 95.0 Å². The van der Waals surface area contributed by atoms with Crippen molar-refractivity contribution < 1.29 is 33.4 Å². The van der Waals surface area contributed by atoms with Crippen molar-refractivity contribution in [1.29, 1.82) is 0 Å². The van der Waals surface area contributed by atoms with Crippen LogP contribution in [0.4, 0.5) is 0 Å². The van der Waals surface area contributed by atoms with Gasteiger partial charge in [-0.15, -0.1) is 0 Å². The van der Waals surface area contributed by atoms with E-state index in [0.29, 0.717) is 32.6 Å². The molecule has 0 saturated carbocycles. The number of Topliss-reactive ketones (excluding diaryl/α,β-unsaturated/α-hetero) is 1. The Morgan fingerprint density at radius 2 is 1.41 bits per heavy atom. The van der Waals surface area contributed by atoms with Gasteiger partial charge >= 0.3 is 0 Å². The lowest BCUT2D eigenvalue weighted by Crippen LogP contribution is -2.54. The predicted molar refractivity (Wildman–Crippen MR) is 244 cm³/mol. The number of ketones is 1. The van der Waals surface area contributed by atoms with Crippen LogP contribution < -0.4 is 16.0 Å². The number of hydrogen-bond acceptors (Lipinski definition) is 8. The highest BCUT2D eigenvalue weighted by Crippen LogP contribution is 2.33. The van der Waals surface area contributed by atoms with E-state index in [0.717, 1.165) is 30.4 Å².